The van der Waals surface area contributed by atoms with E-state index < -0.39 is 5.63 Å². The minimum atomic E-state index is -0.718. The van der Waals surface area contributed by atoms with Crippen LogP contribution in [0.15, 0.2) is 48.9 Å². The number of fused-ring (bicyclic) bond motifs is 1. The van der Waals surface area contributed by atoms with Crippen LogP contribution >= 0.6 is 24.0 Å². The molecule has 8 rings (SSSR count). The molecule has 1 N–H and O–H groups in total. The van der Waals surface area contributed by atoms with E-state index >= 15 is 0 Å². The van der Waals surface area contributed by atoms with Crippen molar-refractivity contribution in [3.05, 3.63) is 51.4 Å². The number of methoxy groups -OCH3 is 1. The molecule has 0 spiro atoms. The first-order valence-electron chi connectivity index (χ1n) is 12.6. The minimum absolute atomic E-state index is 0.0643. The lowest BCUT2D eigenvalue weighted by Crippen LogP contribution is -2.57. The monoisotopic (exact) mass is 535 g/mol. The number of nitrogens with zero attached hydrogens (tertiary/aromatic N) is 1. The van der Waals surface area contributed by atoms with E-state index in [1.54, 1.807) is 36.4 Å². The summed E-state index contributed by atoms with van der Waals surface area (Å²) < 4.78 is 17.1. The van der Waals surface area contributed by atoms with Crippen LogP contribution in [0.3, 0.4) is 0 Å². The number of benzene rings is 1. The van der Waals surface area contributed by atoms with Gasteiger partial charge in [-0.25, -0.2) is 4.79 Å². The van der Waals surface area contributed by atoms with E-state index in [1.165, 1.54) is 51.0 Å². The Morgan fingerprint density at radius 1 is 1.05 bits per heavy atom. The van der Waals surface area contributed by atoms with Gasteiger partial charge in [-0.05, 0) is 86.1 Å². The van der Waals surface area contributed by atoms with E-state index in [1.807, 2.05) is 4.90 Å². The van der Waals surface area contributed by atoms with Crippen LogP contribution < -0.4 is 10.4 Å². The summed E-state index contributed by atoms with van der Waals surface area (Å²) in [6.07, 6.45) is 7.86. The van der Waals surface area contributed by atoms with Crippen LogP contribution in [0.2, 0.25) is 0 Å². The van der Waals surface area contributed by atoms with Crippen molar-refractivity contribution < 1.29 is 23.5 Å². The van der Waals surface area contributed by atoms with Crippen molar-refractivity contribution in [1.29, 1.82) is 0 Å². The third-order valence-corrected chi connectivity index (χ3v) is 9.86. The number of carbonyl (C=O) groups excluding carboxylic acids is 1. The van der Waals surface area contributed by atoms with Crippen molar-refractivity contribution in [3.8, 4) is 22.8 Å². The number of ether oxygens (including phenoxy) is 1. The summed E-state index contributed by atoms with van der Waals surface area (Å²) >= 11 is 6.99. The van der Waals surface area contributed by atoms with Gasteiger partial charge in [0.15, 0.2) is 0 Å². The van der Waals surface area contributed by atoms with E-state index in [2.05, 4.69) is 0 Å². The van der Waals surface area contributed by atoms with Gasteiger partial charge >= 0.3 is 5.63 Å². The number of furan rings is 1. The topological polar surface area (TPSA) is 93.1 Å². The highest BCUT2D eigenvalue weighted by molar-refractivity contribution is 8.26. The molecular formula is C28H25NO6S2. The predicted octanol–water partition coefficient (Wildman–Crippen LogP) is 5.79. The lowest BCUT2D eigenvalue weighted by Gasteiger charge is -2.56. The fourth-order valence-electron chi connectivity index (χ4n) is 7.26. The molecule has 0 unspecified atom stereocenters. The third-order valence-electron chi connectivity index (χ3n) is 8.53. The molecule has 5 aliphatic rings. The predicted molar refractivity (Wildman–Crippen MR) is 144 cm³/mol. The zero-order chi connectivity index (χ0) is 25.4. The molecule has 3 heterocycles. The summed E-state index contributed by atoms with van der Waals surface area (Å²) in [4.78, 5) is 28.6. The van der Waals surface area contributed by atoms with Crippen molar-refractivity contribution in [3.63, 3.8) is 0 Å². The van der Waals surface area contributed by atoms with Gasteiger partial charge in [0.25, 0.3) is 5.91 Å². The molecular weight excluding hydrogens is 510 g/mol. The lowest BCUT2D eigenvalue weighted by atomic mass is 9.54. The number of amides is 1. The number of rotatable bonds is 4. The third kappa shape index (κ3) is 3.66. The molecule has 3 aromatic rings. The summed E-state index contributed by atoms with van der Waals surface area (Å²) in [7, 11) is 1.52. The van der Waals surface area contributed by atoms with E-state index in [-0.39, 0.29) is 34.6 Å². The fraction of sp³-hybridized carbons (Fsp3) is 0.393. The Balaban J connectivity index is 1.19. The number of hydrogen-bond donors (Lipinski definition) is 1. The van der Waals surface area contributed by atoms with Gasteiger partial charge in [0, 0.05) is 12.1 Å². The summed E-state index contributed by atoms with van der Waals surface area (Å²) in [5.74, 6) is 3.47. The maximum absolute atomic E-state index is 13.5. The number of hydrogen-bond acceptors (Lipinski definition) is 8. The summed E-state index contributed by atoms with van der Waals surface area (Å²) in [6.45, 7) is 0. The van der Waals surface area contributed by atoms with Gasteiger partial charge in [-0.1, -0.05) is 24.0 Å². The van der Waals surface area contributed by atoms with Gasteiger partial charge < -0.3 is 18.7 Å². The number of thiocarbonyl (C=S) groups is 1. The van der Waals surface area contributed by atoms with Gasteiger partial charge in [0.05, 0.1) is 17.4 Å². The quantitative estimate of drug-likeness (QED) is 0.255. The first-order chi connectivity index (χ1) is 17.9. The molecule has 5 fully saturated rings. The second-order valence-corrected chi connectivity index (χ2v) is 12.3. The van der Waals surface area contributed by atoms with Crippen LogP contribution in [0.4, 0.5) is 0 Å². The van der Waals surface area contributed by atoms with Gasteiger partial charge in [-0.2, -0.15) is 0 Å². The summed E-state index contributed by atoms with van der Waals surface area (Å²) in [5.41, 5.74) is -0.557. The van der Waals surface area contributed by atoms with Gasteiger partial charge in [0.2, 0.25) is 0 Å². The van der Waals surface area contributed by atoms with Crippen molar-refractivity contribution in [2.24, 2.45) is 23.7 Å². The molecule has 4 saturated carbocycles. The smallest absolute Gasteiger partial charge is 0.351 e. The Bertz CT molecular complexity index is 1520. The highest BCUT2D eigenvalue weighted by atomic mass is 32.2. The largest absolute Gasteiger partial charge is 0.506 e. The Labute approximate surface area is 222 Å². The molecule has 1 aliphatic heterocycles. The van der Waals surface area contributed by atoms with Crippen molar-refractivity contribution in [1.82, 2.24) is 4.90 Å². The highest BCUT2D eigenvalue weighted by Gasteiger charge is 2.53. The Kier molecular flexibility index (Phi) is 5.30. The molecule has 0 radical (unpaired) electrons. The van der Waals surface area contributed by atoms with Gasteiger partial charge in [-0.3, -0.25) is 9.69 Å². The fourth-order valence-corrected chi connectivity index (χ4v) is 8.58. The number of aromatic hydroxyl groups is 1. The molecule has 1 saturated heterocycles. The normalized spacial score (nSPS) is 29.7. The molecule has 4 aliphatic carbocycles. The zero-order valence-electron chi connectivity index (χ0n) is 20.1. The molecule has 1 aromatic carbocycles. The first-order valence-corrected chi connectivity index (χ1v) is 13.8. The summed E-state index contributed by atoms with van der Waals surface area (Å²) in [6, 6.07) is 8.26. The maximum Gasteiger partial charge on any atom is 0.351 e. The highest BCUT2D eigenvalue weighted by Crippen LogP contribution is 2.56. The van der Waals surface area contributed by atoms with Crippen LogP contribution in [-0.4, -0.2) is 33.4 Å². The first kappa shape index (κ1) is 23.1. The average molecular weight is 536 g/mol. The molecule has 0 atom stereocenters. The van der Waals surface area contributed by atoms with Gasteiger partial charge in [-0.15, -0.1) is 0 Å². The Morgan fingerprint density at radius 3 is 2.49 bits per heavy atom. The van der Waals surface area contributed by atoms with E-state index in [4.69, 9.17) is 25.8 Å². The van der Waals surface area contributed by atoms with Crippen LogP contribution in [0.1, 0.15) is 37.9 Å². The molecule has 4 bridgehead atoms. The van der Waals surface area contributed by atoms with E-state index in [0.717, 1.165) is 11.8 Å². The SMILES string of the molecule is COc1ccc2oc(=O)c(-c3ccc(/C=C4\SC(=S)N(C5C6CC7CC(C6)CC5C7)C4=O)o3)c(O)c2c1. The maximum atomic E-state index is 13.5. The minimum Gasteiger partial charge on any atom is -0.506 e. The van der Waals surface area contributed by atoms with Crippen molar-refractivity contribution in [2.75, 3.05) is 7.11 Å². The standard InChI is InChI=1S/C28H25NO6S2/c1-33-17-2-4-20-19(11-17)25(30)23(27(32)35-20)21-5-3-18(34-21)12-22-26(31)29(28(36)37-22)24-15-7-13-6-14(9-15)10-16(24)8-13/h2-5,11-16,24,30H,6-10H2,1H3/b22-12-. The van der Waals surface area contributed by atoms with E-state index in [0.29, 0.717) is 38.0 Å². The number of thioether (sulfide) groups is 1. The zero-order valence-corrected chi connectivity index (χ0v) is 21.8. The van der Waals surface area contributed by atoms with Gasteiger partial charge in [0.1, 0.15) is 38.5 Å². The van der Waals surface area contributed by atoms with Crippen LogP contribution in [0.25, 0.3) is 28.4 Å². The second kappa shape index (κ2) is 8.49. The Hall–Kier alpha value is -3.04. The molecule has 37 heavy (non-hydrogen) atoms. The van der Waals surface area contributed by atoms with Crippen LogP contribution in [0.5, 0.6) is 11.5 Å². The van der Waals surface area contributed by atoms with Crippen LogP contribution in [-0.2, 0) is 4.79 Å². The summed E-state index contributed by atoms with van der Waals surface area (Å²) in [5, 5.41) is 11.2. The molecule has 9 heteroatoms. The molecule has 190 valence electrons. The molecule has 1 amide bonds. The van der Waals surface area contributed by atoms with Crippen molar-refractivity contribution in [2.45, 2.75) is 38.1 Å². The van der Waals surface area contributed by atoms with Crippen LogP contribution in [0, 0.1) is 23.7 Å². The van der Waals surface area contributed by atoms with Crippen molar-refractivity contribution >= 4 is 51.3 Å². The van der Waals surface area contributed by atoms with E-state index in [9.17, 15) is 14.7 Å². The second-order valence-electron chi connectivity index (χ2n) is 10.7. The molecule has 2 aromatic heterocycles. The lowest BCUT2D eigenvalue weighted by molar-refractivity contribution is -0.130. The molecule has 7 nitrogen and oxygen atoms in total. The Morgan fingerprint density at radius 2 is 1.78 bits per heavy atom. The number of carbonyl (C=O) groups is 1. The average Bonchev–Trinajstić information content (AvgIpc) is 3.43.